The highest BCUT2D eigenvalue weighted by atomic mass is 35.5. The molecule has 1 aromatic heterocycles. The molecule has 10 heteroatoms. The molecule has 29 heavy (non-hydrogen) atoms. The zero-order chi connectivity index (χ0) is 20.5. The largest absolute Gasteiger partial charge is 0.478 e. The van der Waals surface area contributed by atoms with Gasteiger partial charge in [-0.3, -0.25) is 0 Å². The molecule has 2 aromatic carbocycles. The number of nitrogens with zero attached hydrogens (tertiary/aromatic N) is 2. The van der Waals surface area contributed by atoms with E-state index in [0.717, 1.165) is 22.8 Å². The summed E-state index contributed by atoms with van der Waals surface area (Å²) in [6.45, 7) is 3.83. The van der Waals surface area contributed by atoms with E-state index >= 15 is 0 Å². The van der Waals surface area contributed by atoms with Crippen LogP contribution in [-0.2, 0) is 10.0 Å². The molecule has 0 aliphatic carbocycles. The van der Waals surface area contributed by atoms with Crippen molar-refractivity contribution in [1.29, 1.82) is 0 Å². The fourth-order valence-electron chi connectivity index (χ4n) is 2.79. The van der Waals surface area contributed by atoms with Crippen molar-refractivity contribution in [3.63, 3.8) is 0 Å². The number of rotatable bonds is 5. The Morgan fingerprint density at radius 2 is 1.66 bits per heavy atom. The van der Waals surface area contributed by atoms with Gasteiger partial charge in [-0.2, -0.15) is 0 Å². The van der Waals surface area contributed by atoms with Crippen LogP contribution >= 0.6 is 24.0 Å². The second kappa shape index (κ2) is 8.77. The zero-order valence-electron chi connectivity index (χ0n) is 15.4. The molecule has 0 saturated carbocycles. The normalized spacial score (nSPS) is 10.9. The number of anilines is 1. The summed E-state index contributed by atoms with van der Waals surface area (Å²) in [6, 6.07) is 12.3. The van der Waals surface area contributed by atoms with Crippen LogP contribution in [0.2, 0.25) is 5.15 Å². The number of nitrogens with one attached hydrogen (secondary N) is 1. The van der Waals surface area contributed by atoms with Crippen LogP contribution in [0.25, 0.3) is 11.3 Å². The van der Waals surface area contributed by atoms with E-state index in [-0.39, 0.29) is 34.0 Å². The molecule has 0 unspecified atom stereocenters. The van der Waals surface area contributed by atoms with E-state index in [9.17, 15) is 13.2 Å². The van der Waals surface area contributed by atoms with E-state index in [4.69, 9.17) is 16.7 Å². The van der Waals surface area contributed by atoms with Crippen molar-refractivity contribution in [1.82, 2.24) is 9.97 Å². The van der Waals surface area contributed by atoms with Crippen molar-refractivity contribution >= 4 is 45.9 Å². The van der Waals surface area contributed by atoms with Crippen LogP contribution in [0.4, 0.5) is 5.95 Å². The number of aromatic nitrogens is 2. The van der Waals surface area contributed by atoms with Crippen molar-refractivity contribution < 1.29 is 18.3 Å². The highest BCUT2D eigenvalue weighted by Crippen LogP contribution is 2.28. The zero-order valence-corrected chi connectivity index (χ0v) is 17.8. The van der Waals surface area contributed by atoms with Gasteiger partial charge in [0.1, 0.15) is 5.15 Å². The smallest absolute Gasteiger partial charge is 0.335 e. The lowest BCUT2D eigenvalue weighted by Crippen LogP contribution is -2.16. The number of carboxylic acid groups (broad SMARTS) is 1. The maximum atomic E-state index is 12.6. The van der Waals surface area contributed by atoms with Crippen LogP contribution in [0.3, 0.4) is 0 Å². The average Bonchev–Trinajstić information content (AvgIpc) is 2.61. The second-order valence-electron chi connectivity index (χ2n) is 6.10. The van der Waals surface area contributed by atoms with Gasteiger partial charge in [0.25, 0.3) is 10.0 Å². The third-order valence-corrected chi connectivity index (χ3v) is 5.57. The molecule has 1 heterocycles. The predicted molar refractivity (Wildman–Crippen MR) is 113 cm³/mol. The van der Waals surface area contributed by atoms with Crippen molar-refractivity contribution in [3.8, 4) is 11.3 Å². The SMILES string of the molecule is Cc1cccc(C)c1-c1cc(Cl)nc(NS(=O)(=O)c2cccc(C(=O)O)c2)n1.Cl. The van der Waals surface area contributed by atoms with Gasteiger partial charge in [0.15, 0.2) is 0 Å². The number of carbonyl (C=O) groups is 1. The van der Waals surface area contributed by atoms with Gasteiger partial charge in [-0.05, 0) is 43.2 Å². The Bertz CT molecular complexity index is 1160. The van der Waals surface area contributed by atoms with Crippen molar-refractivity contribution in [3.05, 3.63) is 70.4 Å². The highest BCUT2D eigenvalue weighted by molar-refractivity contribution is 7.92. The summed E-state index contributed by atoms with van der Waals surface area (Å²) in [6.07, 6.45) is 0. The first-order valence-corrected chi connectivity index (χ1v) is 10.0. The van der Waals surface area contributed by atoms with E-state index in [1.54, 1.807) is 6.07 Å². The van der Waals surface area contributed by atoms with Gasteiger partial charge in [-0.25, -0.2) is 27.9 Å². The minimum absolute atomic E-state index is 0. The Morgan fingerprint density at radius 1 is 1.03 bits per heavy atom. The average molecular weight is 454 g/mol. The molecule has 3 aromatic rings. The summed E-state index contributed by atoms with van der Waals surface area (Å²) in [7, 11) is -4.10. The van der Waals surface area contributed by atoms with Gasteiger partial charge in [0.05, 0.1) is 16.2 Å². The quantitative estimate of drug-likeness (QED) is 0.556. The van der Waals surface area contributed by atoms with Crippen LogP contribution in [0.1, 0.15) is 21.5 Å². The molecule has 0 saturated heterocycles. The van der Waals surface area contributed by atoms with Crippen LogP contribution < -0.4 is 4.72 Å². The molecule has 0 bridgehead atoms. The molecule has 0 aliphatic heterocycles. The third-order valence-electron chi connectivity index (χ3n) is 4.05. The van der Waals surface area contributed by atoms with Gasteiger partial charge >= 0.3 is 5.97 Å². The Labute approximate surface area is 179 Å². The molecular weight excluding hydrogens is 437 g/mol. The lowest BCUT2D eigenvalue weighted by molar-refractivity contribution is 0.0696. The van der Waals surface area contributed by atoms with Crippen molar-refractivity contribution in [2.24, 2.45) is 0 Å². The number of carboxylic acids is 1. The van der Waals surface area contributed by atoms with Crippen LogP contribution in [0.5, 0.6) is 0 Å². The number of benzene rings is 2. The minimum atomic E-state index is -4.10. The number of aryl methyl sites for hydroxylation is 2. The van der Waals surface area contributed by atoms with E-state index in [1.807, 2.05) is 32.0 Å². The Morgan fingerprint density at radius 3 is 2.28 bits per heavy atom. The molecule has 0 amide bonds. The topological polar surface area (TPSA) is 109 Å². The molecule has 0 fully saturated rings. The Hall–Kier alpha value is -2.68. The Kier molecular flexibility index (Phi) is 6.84. The second-order valence-corrected chi connectivity index (χ2v) is 8.17. The van der Waals surface area contributed by atoms with Gasteiger partial charge in [0, 0.05) is 11.6 Å². The summed E-state index contributed by atoms with van der Waals surface area (Å²) in [4.78, 5) is 19.1. The molecule has 3 rings (SSSR count). The van der Waals surface area contributed by atoms with Crippen LogP contribution in [0, 0.1) is 13.8 Å². The number of halogens is 2. The summed E-state index contributed by atoms with van der Waals surface area (Å²) in [5.74, 6) is -1.43. The molecule has 0 spiro atoms. The van der Waals surface area contributed by atoms with Gasteiger partial charge in [-0.15, -0.1) is 12.4 Å². The monoisotopic (exact) mass is 453 g/mol. The van der Waals surface area contributed by atoms with Crippen molar-refractivity contribution in [2.75, 3.05) is 4.72 Å². The number of aromatic carboxylic acids is 1. The molecule has 7 nitrogen and oxygen atoms in total. The number of sulfonamides is 1. The summed E-state index contributed by atoms with van der Waals surface area (Å²) in [5, 5.41) is 9.13. The van der Waals surface area contributed by atoms with Gasteiger partial charge in [-0.1, -0.05) is 35.9 Å². The van der Waals surface area contributed by atoms with E-state index in [0.29, 0.717) is 5.69 Å². The van der Waals surface area contributed by atoms with Crippen LogP contribution in [0.15, 0.2) is 53.4 Å². The van der Waals surface area contributed by atoms with Gasteiger partial charge < -0.3 is 5.11 Å². The maximum Gasteiger partial charge on any atom is 0.335 e. The predicted octanol–water partition coefficient (Wildman–Crippen LogP) is 4.33. The van der Waals surface area contributed by atoms with E-state index in [2.05, 4.69) is 14.7 Å². The molecule has 0 atom stereocenters. The third kappa shape index (κ3) is 5.03. The lowest BCUT2D eigenvalue weighted by atomic mass is 10.00. The van der Waals surface area contributed by atoms with Crippen LogP contribution in [-0.4, -0.2) is 29.5 Å². The van der Waals surface area contributed by atoms with E-state index < -0.39 is 16.0 Å². The summed E-state index contributed by atoms with van der Waals surface area (Å²) < 4.78 is 27.5. The first kappa shape index (κ1) is 22.6. The molecule has 152 valence electrons. The molecule has 2 N–H and O–H groups in total. The molecule has 0 aliphatic rings. The van der Waals surface area contributed by atoms with Gasteiger partial charge in [0.2, 0.25) is 5.95 Å². The fraction of sp³-hybridized carbons (Fsp3) is 0.105. The molecule has 0 radical (unpaired) electrons. The first-order chi connectivity index (χ1) is 13.2. The lowest BCUT2D eigenvalue weighted by Gasteiger charge is -2.12. The maximum absolute atomic E-state index is 12.6. The first-order valence-electron chi connectivity index (χ1n) is 8.15. The summed E-state index contributed by atoms with van der Waals surface area (Å²) >= 11 is 6.08. The summed E-state index contributed by atoms with van der Waals surface area (Å²) in [5.41, 5.74) is 3.08. The van der Waals surface area contributed by atoms with E-state index in [1.165, 1.54) is 18.2 Å². The number of hydrogen-bond donors (Lipinski definition) is 2. The highest BCUT2D eigenvalue weighted by Gasteiger charge is 2.19. The van der Waals surface area contributed by atoms with Crippen molar-refractivity contribution in [2.45, 2.75) is 18.7 Å². The fourth-order valence-corrected chi connectivity index (χ4v) is 3.96. The number of hydrogen-bond acceptors (Lipinski definition) is 5. The minimum Gasteiger partial charge on any atom is -0.478 e. The Balaban J connectivity index is 0.00000300. The standard InChI is InChI=1S/C19H16ClN3O4S.ClH/c1-11-5-3-6-12(2)17(11)15-10-16(20)22-19(21-15)23-28(26,27)14-8-4-7-13(9-14)18(24)25;/h3-10H,1-2H3,(H,24,25)(H,21,22,23);1H. The molecular formula is C19H17Cl2N3O4S.